The van der Waals surface area contributed by atoms with E-state index < -0.39 is 0 Å². The number of hydrogen-bond donors (Lipinski definition) is 1. The molecule has 0 spiro atoms. The maximum absolute atomic E-state index is 11.6. The van der Waals surface area contributed by atoms with Crippen LogP contribution in [0.3, 0.4) is 0 Å². The van der Waals surface area contributed by atoms with Gasteiger partial charge in [0, 0.05) is 6.04 Å². The Morgan fingerprint density at radius 3 is 2.63 bits per heavy atom. The van der Waals surface area contributed by atoms with Crippen molar-refractivity contribution in [3.8, 4) is 5.75 Å². The molecule has 0 saturated carbocycles. The van der Waals surface area contributed by atoms with E-state index >= 15 is 0 Å². The second-order valence-corrected chi connectivity index (χ2v) is 4.43. The summed E-state index contributed by atoms with van der Waals surface area (Å²) < 4.78 is 10.0. The van der Waals surface area contributed by atoms with Gasteiger partial charge >= 0.3 is 5.97 Å². The van der Waals surface area contributed by atoms with Gasteiger partial charge in [-0.1, -0.05) is 25.8 Å². The molecular weight excluding hydrogens is 242 g/mol. The molecule has 1 rings (SSSR count). The van der Waals surface area contributed by atoms with E-state index in [1.807, 2.05) is 19.2 Å². The third-order valence-electron chi connectivity index (χ3n) is 3.23. The summed E-state index contributed by atoms with van der Waals surface area (Å²) in [6.07, 6.45) is 3.38. The van der Waals surface area contributed by atoms with E-state index in [0.717, 1.165) is 24.8 Å². The van der Waals surface area contributed by atoms with Crippen LogP contribution in [-0.4, -0.2) is 27.2 Å². The lowest BCUT2D eigenvalue weighted by molar-refractivity contribution is 0.0597. The molecule has 1 atom stereocenters. The smallest absolute Gasteiger partial charge is 0.341 e. The van der Waals surface area contributed by atoms with Crippen LogP contribution in [0.4, 0.5) is 0 Å². The number of carbonyl (C=O) groups is 1. The van der Waals surface area contributed by atoms with Crippen molar-refractivity contribution in [1.29, 1.82) is 0 Å². The highest BCUT2D eigenvalue weighted by Crippen LogP contribution is 2.26. The molecule has 1 aromatic carbocycles. The number of unbranched alkanes of at least 4 members (excludes halogenated alkanes) is 1. The SMILES string of the molecule is CCCCC(NC)c1ccc(C(=O)OC)c(OC)c1. The first-order valence-corrected chi connectivity index (χ1v) is 6.61. The van der Waals surface area contributed by atoms with Crippen LogP contribution in [0.15, 0.2) is 18.2 Å². The van der Waals surface area contributed by atoms with Crippen LogP contribution in [0, 0.1) is 0 Å². The number of esters is 1. The second kappa shape index (κ2) is 7.79. The molecule has 0 aliphatic rings. The summed E-state index contributed by atoms with van der Waals surface area (Å²) >= 11 is 0. The average Bonchev–Trinajstić information content (AvgIpc) is 2.46. The number of nitrogens with one attached hydrogen (secondary N) is 1. The third kappa shape index (κ3) is 3.96. The molecule has 0 bridgehead atoms. The highest BCUT2D eigenvalue weighted by Gasteiger charge is 2.16. The van der Waals surface area contributed by atoms with Crippen LogP contribution in [0.25, 0.3) is 0 Å². The normalized spacial score (nSPS) is 12.0. The Morgan fingerprint density at radius 1 is 1.37 bits per heavy atom. The Balaban J connectivity index is 3.00. The van der Waals surface area contributed by atoms with Gasteiger partial charge in [-0.15, -0.1) is 0 Å². The number of rotatable bonds is 7. The van der Waals surface area contributed by atoms with Crippen molar-refractivity contribution in [3.05, 3.63) is 29.3 Å². The molecule has 4 nitrogen and oxygen atoms in total. The minimum Gasteiger partial charge on any atom is -0.496 e. The van der Waals surface area contributed by atoms with Gasteiger partial charge in [-0.2, -0.15) is 0 Å². The van der Waals surface area contributed by atoms with Crippen LogP contribution >= 0.6 is 0 Å². The van der Waals surface area contributed by atoms with Crippen molar-refractivity contribution in [3.63, 3.8) is 0 Å². The van der Waals surface area contributed by atoms with Crippen molar-refractivity contribution >= 4 is 5.97 Å². The molecule has 0 aliphatic heterocycles. The van der Waals surface area contributed by atoms with Crippen molar-refractivity contribution in [2.24, 2.45) is 0 Å². The van der Waals surface area contributed by atoms with Gasteiger partial charge in [0.1, 0.15) is 11.3 Å². The largest absolute Gasteiger partial charge is 0.496 e. The first-order chi connectivity index (χ1) is 9.17. The van der Waals surface area contributed by atoms with Gasteiger partial charge in [0.15, 0.2) is 0 Å². The van der Waals surface area contributed by atoms with Crippen LogP contribution in [0.5, 0.6) is 5.75 Å². The molecule has 0 amide bonds. The molecule has 0 radical (unpaired) electrons. The van der Waals surface area contributed by atoms with Crippen molar-refractivity contribution in [2.75, 3.05) is 21.3 Å². The quantitative estimate of drug-likeness (QED) is 0.770. The zero-order valence-corrected chi connectivity index (χ0v) is 12.2. The summed E-state index contributed by atoms with van der Waals surface area (Å²) in [6, 6.07) is 5.89. The van der Waals surface area contributed by atoms with Gasteiger partial charge < -0.3 is 14.8 Å². The van der Waals surface area contributed by atoms with Gasteiger partial charge in [-0.05, 0) is 31.2 Å². The van der Waals surface area contributed by atoms with E-state index in [2.05, 4.69) is 12.2 Å². The standard InChI is InChI=1S/C15H23NO3/c1-5-6-7-13(16-2)11-8-9-12(15(17)19-4)14(10-11)18-3/h8-10,13,16H,5-7H2,1-4H3. The summed E-state index contributed by atoms with van der Waals surface area (Å²) in [5.74, 6) is 0.180. The zero-order chi connectivity index (χ0) is 14.3. The number of benzene rings is 1. The molecule has 1 unspecified atom stereocenters. The lowest BCUT2D eigenvalue weighted by atomic mass is 9.99. The zero-order valence-electron chi connectivity index (χ0n) is 12.2. The molecule has 0 heterocycles. The first kappa shape index (κ1) is 15.5. The van der Waals surface area contributed by atoms with Crippen LogP contribution in [0.2, 0.25) is 0 Å². The summed E-state index contributed by atoms with van der Waals surface area (Å²) in [5.41, 5.74) is 1.58. The second-order valence-electron chi connectivity index (χ2n) is 4.43. The van der Waals surface area contributed by atoms with Crippen LogP contribution in [0.1, 0.15) is 48.1 Å². The summed E-state index contributed by atoms with van der Waals surface area (Å²) in [5, 5.41) is 3.30. The Labute approximate surface area is 115 Å². The molecule has 1 N–H and O–H groups in total. The molecule has 0 aromatic heterocycles. The Hall–Kier alpha value is -1.55. The van der Waals surface area contributed by atoms with Crippen molar-refractivity contribution < 1.29 is 14.3 Å². The van der Waals surface area contributed by atoms with Crippen molar-refractivity contribution in [2.45, 2.75) is 32.2 Å². The average molecular weight is 265 g/mol. The molecule has 0 saturated heterocycles. The Kier molecular flexibility index (Phi) is 6.36. The van der Waals surface area contributed by atoms with E-state index in [0.29, 0.717) is 11.3 Å². The summed E-state index contributed by atoms with van der Waals surface area (Å²) in [6.45, 7) is 2.17. The van der Waals surface area contributed by atoms with E-state index in [9.17, 15) is 4.79 Å². The van der Waals surface area contributed by atoms with Crippen LogP contribution in [-0.2, 0) is 4.74 Å². The fraction of sp³-hybridized carbons (Fsp3) is 0.533. The highest BCUT2D eigenvalue weighted by atomic mass is 16.5. The number of methoxy groups -OCH3 is 2. The topological polar surface area (TPSA) is 47.6 Å². The molecule has 0 fully saturated rings. The van der Waals surface area contributed by atoms with E-state index in [4.69, 9.17) is 9.47 Å². The minimum atomic E-state index is -0.377. The van der Waals surface area contributed by atoms with Gasteiger partial charge in [0.25, 0.3) is 0 Å². The van der Waals surface area contributed by atoms with Crippen molar-refractivity contribution in [1.82, 2.24) is 5.32 Å². The molecule has 19 heavy (non-hydrogen) atoms. The van der Waals surface area contributed by atoms with E-state index in [-0.39, 0.29) is 12.0 Å². The molecule has 0 aliphatic carbocycles. The lowest BCUT2D eigenvalue weighted by Crippen LogP contribution is -2.16. The highest BCUT2D eigenvalue weighted by molar-refractivity contribution is 5.92. The maximum Gasteiger partial charge on any atom is 0.341 e. The Bertz CT molecular complexity index is 418. The summed E-state index contributed by atoms with van der Waals surface area (Å²) in [4.78, 5) is 11.6. The predicted octanol–water partition coefficient (Wildman–Crippen LogP) is 2.93. The monoisotopic (exact) mass is 265 g/mol. The lowest BCUT2D eigenvalue weighted by Gasteiger charge is -2.18. The number of hydrogen-bond acceptors (Lipinski definition) is 4. The fourth-order valence-electron chi connectivity index (χ4n) is 2.09. The molecule has 106 valence electrons. The predicted molar refractivity (Wildman–Crippen MR) is 75.7 cm³/mol. The molecule has 1 aromatic rings. The van der Waals surface area contributed by atoms with E-state index in [1.165, 1.54) is 7.11 Å². The third-order valence-corrected chi connectivity index (χ3v) is 3.23. The van der Waals surface area contributed by atoms with Gasteiger partial charge in [-0.3, -0.25) is 0 Å². The van der Waals surface area contributed by atoms with Gasteiger partial charge in [-0.25, -0.2) is 4.79 Å². The van der Waals surface area contributed by atoms with Gasteiger partial charge in [0.2, 0.25) is 0 Å². The van der Waals surface area contributed by atoms with Crippen LogP contribution < -0.4 is 10.1 Å². The fourth-order valence-corrected chi connectivity index (χ4v) is 2.09. The molecule has 4 heteroatoms. The maximum atomic E-state index is 11.6. The number of ether oxygens (including phenoxy) is 2. The number of carbonyl (C=O) groups excluding carboxylic acids is 1. The first-order valence-electron chi connectivity index (χ1n) is 6.61. The molecular formula is C15H23NO3. The van der Waals surface area contributed by atoms with E-state index in [1.54, 1.807) is 13.2 Å². The minimum absolute atomic E-state index is 0.278. The summed E-state index contributed by atoms with van der Waals surface area (Å²) in [7, 11) is 4.88. The van der Waals surface area contributed by atoms with Gasteiger partial charge in [0.05, 0.1) is 14.2 Å². The Morgan fingerprint density at radius 2 is 2.11 bits per heavy atom.